The van der Waals surface area contributed by atoms with Crippen LogP contribution in [-0.4, -0.2) is 16.3 Å². The summed E-state index contributed by atoms with van der Waals surface area (Å²) in [6.45, 7) is 0.288. The summed E-state index contributed by atoms with van der Waals surface area (Å²) in [5, 5.41) is 11.1. The lowest BCUT2D eigenvalue weighted by atomic mass is 10.00. The van der Waals surface area contributed by atoms with Gasteiger partial charge in [-0.05, 0) is 42.5 Å². The van der Waals surface area contributed by atoms with Gasteiger partial charge in [0.05, 0.1) is 12.3 Å². The molecule has 8 heteroatoms. The van der Waals surface area contributed by atoms with Crippen molar-refractivity contribution < 1.29 is 18.7 Å². The van der Waals surface area contributed by atoms with Crippen LogP contribution in [0.25, 0.3) is 27.9 Å². The third-order valence-corrected chi connectivity index (χ3v) is 7.10. The van der Waals surface area contributed by atoms with Crippen molar-refractivity contribution in [1.82, 2.24) is 4.57 Å². The zero-order valence-corrected chi connectivity index (χ0v) is 19.5. The second-order valence-electron chi connectivity index (χ2n) is 8.23. The summed E-state index contributed by atoms with van der Waals surface area (Å²) in [4.78, 5) is 27.3. The smallest absolute Gasteiger partial charge is 0.354 e. The Labute approximate surface area is 208 Å². The molecule has 0 saturated carbocycles. The van der Waals surface area contributed by atoms with Gasteiger partial charge < -0.3 is 14.3 Å². The molecular weight excluding hydrogens is 481 g/mol. The number of hydrogen-bond acceptors (Lipinski definition) is 6. The molecule has 6 rings (SSSR count). The van der Waals surface area contributed by atoms with E-state index in [2.05, 4.69) is 0 Å². The maximum absolute atomic E-state index is 14.0. The van der Waals surface area contributed by atoms with Crippen molar-refractivity contribution in [3.05, 3.63) is 111 Å². The number of fused-ring (bicyclic) bond motifs is 5. The minimum absolute atomic E-state index is 0.0218. The first-order chi connectivity index (χ1) is 17.5. The van der Waals surface area contributed by atoms with Crippen LogP contribution in [-0.2, 0) is 6.42 Å². The SMILES string of the molecule is O=c1oc2c3c(n(-c4ccccc4)c(=O)c2c(O)c1Sc1cccc(F)c1)-c1ccccc1OCC3. The first-order valence-corrected chi connectivity index (χ1v) is 12.0. The summed E-state index contributed by atoms with van der Waals surface area (Å²) >= 11 is 0.841. The highest BCUT2D eigenvalue weighted by atomic mass is 32.2. The maximum atomic E-state index is 14.0. The summed E-state index contributed by atoms with van der Waals surface area (Å²) in [6, 6.07) is 22.0. The van der Waals surface area contributed by atoms with E-state index in [9.17, 15) is 19.1 Å². The van der Waals surface area contributed by atoms with Gasteiger partial charge in [0.25, 0.3) is 5.56 Å². The van der Waals surface area contributed by atoms with Gasteiger partial charge in [-0.3, -0.25) is 9.36 Å². The molecule has 0 aliphatic carbocycles. The van der Waals surface area contributed by atoms with Gasteiger partial charge in [0.1, 0.15) is 21.8 Å². The van der Waals surface area contributed by atoms with Crippen molar-refractivity contribution in [2.75, 3.05) is 6.61 Å². The fourth-order valence-electron chi connectivity index (χ4n) is 4.50. The van der Waals surface area contributed by atoms with E-state index in [1.54, 1.807) is 18.2 Å². The molecule has 36 heavy (non-hydrogen) atoms. The van der Waals surface area contributed by atoms with E-state index in [-0.39, 0.29) is 22.5 Å². The highest BCUT2D eigenvalue weighted by Crippen LogP contribution is 2.42. The molecule has 1 aliphatic rings. The largest absolute Gasteiger partial charge is 0.505 e. The van der Waals surface area contributed by atoms with Crippen LogP contribution >= 0.6 is 11.8 Å². The van der Waals surface area contributed by atoms with E-state index < -0.39 is 22.8 Å². The second kappa shape index (κ2) is 8.73. The van der Waals surface area contributed by atoms with Crippen molar-refractivity contribution in [1.29, 1.82) is 0 Å². The number of aromatic hydroxyl groups is 1. The van der Waals surface area contributed by atoms with Crippen molar-refractivity contribution in [2.45, 2.75) is 16.2 Å². The fourth-order valence-corrected chi connectivity index (χ4v) is 5.38. The van der Waals surface area contributed by atoms with Crippen molar-refractivity contribution in [2.24, 2.45) is 0 Å². The molecule has 3 aromatic carbocycles. The lowest BCUT2D eigenvalue weighted by molar-refractivity contribution is 0.326. The van der Waals surface area contributed by atoms with E-state index in [0.717, 1.165) is 11.8 Å². The zero-order chi connectivity index (χ0) is 24.8. The Bertz CT molecular complexity index is 1760. The molecule has 0 unspecified atom stereocenters. The number of benzene rings is 3. The Hall–Kier alpha value is -4.30. The van der Waals surface area contributed by atoms with Gasteiger partial charge in [0.15, 0.2) is 11.3 Å². The Kier molecular flexibility index (Phi) is 5.38. The molecule has 2 aromatic heterocycles. The minimum Gasteiger partial charge on any atom is -0.505 e. The topological polar surface area (TPSA) is 81.7 Å². The number of nitrogens with zero attached hydrogens (tertiary/aromatic N) is 1. The van der Waals surface area contributed by atoms with Gasteiger partial charge in [0.2, 0.25) is 0 Å². The molecule has 0 saturated heterocycles. The molecule has 0 bridgehead atoms. The van der Waals surface area contributed by atoms with Crippen LogP contribution in [0.4, 0.5) is 4.39 Å². The molecule has 0 radical (unpaired) electrons. The molecule has 1 aliphatic heterocycles. The van der Waals surface area contributed by atoms with Gasteiger partial charge in [-0.25, -0.2) is 9.18 Å². The lowest BCUT2D eigenvalue weighted by Gasteiger charge is -2.19. The quantitative estimate of drug-likeness (QED) is 0.351. The number of ether oxygens (including phenoxy) is 1. The lowest BCUT2D eigenvalue weighted by Crippen LogP contribution is -2.23. The van der Waals surface area contributed by atoms with Crippen molar-refractivity contribution in [3.63, 3.8) is 0 Å². The average Bonchev–Trinajstić information content (AvgIpc) is 3.07. The summed E-state index contributed by atoms with van der Waals surface area (Å²) in [6.07, 6.45) is 0.340. The molecule has 0 fully saturated rings. The third-order valence-electron chi connectivity index (χ3n) is 6.04. The second-order valence-corrected chi connectivity index (χ2v) is 9.31. The molecule has 0 amide bonds. The Morgan fingerprint density at radius 1 is 0.944 bits per heavy atom. The van der Waals surface area contributed by atoms with Crippen LogP contribution in [0.2, 0.25) is 0 Å². The van der Waals surface area contributed by atoms with E-state index in [4.69, 9.17) is 9.15 Å². The van der Waals surface area contributed by atoms with E-state index in [1.807, 2.05) is 42.5 Å². The van der Waals surface area contributed by atoms with Gasteiger partial charge in [-0.15, -0.1) is 0 Å². The normalized spacial score (nSPS) is 12.5. The van der Waals surface area contributed by atoms with Crippen molar-refractivity contribution in [3.8, 4) is 28.4 Å². The summed E-state index contributed by atoms with van der Waals surface area (Å²) < 4.78 is 26.9. The summed E-state index contributed by atoms with van der Waals surface area (Å²) in [7, 11) is 0. The van der Waals surface area contributed by atoms with Crippen LogP contribution in [0.3, 0.4) is 0 Å². The van der Waals surface area contributed by atoms with Gasteiger partial charge in [0, 0.05) is 28.1 Å². The monoisotopic (exact) mass is 499 g/mol. The van der Waals surface area contributed by atoms with Gasteiger partial charge >= 0.3 is 5.63 Å². The van der Waals surface area contributed by atoms with Gasteiger partial charge in [-0.1, -0.05) is 48.2 Å². The van der Waals surface area contributed by atoms with E-state index in [1.165, 1.54) is 22.8 Å². The predicted molar refractivity (Wildman–Crippen MR) is 135 cm³/mol. The molecule has 178 valence electrons. The van der Waals surface area contributed by atoms with Crippen LogP contribution in [0, 0.1) is 5.82 Å². The molecular formula is C28H18FNO5S. The molecule has 5 aromatic rings. The Morgan fingerprint density at radius 2 is 1.72 bits per heavy atom. The number of hydrogen-bond donors (Lipinski definition) is 1. The number of halogens is 1. The van der Waals surface area contributed by atoms with Crippen LogP contribution < -0.4 is 15.9 Å². The van der Waals surface area contributed by atoms with Crippen LogP contribution in [0.1, 0.15) is 5.56 Å². The summed E-state index contributed by atoms with van der Waals surface area (Å²) in [5.74, 6) is -0.379. The molecule has 3 heterocycles. The Balaban J connectivity index is 1.72. The highest BCUT2D eigenvalue weighted by Gasteiger charge is 2.29. The van der Waals surface area contributed by atoms with Crippen LogP contribution in [0.5, 0.6) is 11.5 Å². The maximum Gasteiger partial charge on any atom is 0.354 e. The standard InChI is InChI=1S/C28H18FNO5S/c29-16-7-6-10-18(15-16)36-26-24(31)22-25(35-28(26)33)20-13-14-34-21-12-5-4-11-19(21)23(20)30(27(22)32)17-8-2-1-3-9-17/h1-12,15,31H,13-14H2. The van der Waals surface area contributed by atoms with Crippen molar-refractivity contribution >= 4 is 22.7 Å². The first kappa shape index (κ1) is 22.2. The summed E-state index contributed by atoms with van der Waals surface area (Å²) in [5.41, 5.74) is 1.04. The van der Waals surface area contributed by atoms with E-state index >= 15 is 0 Å². The average molecular weight is 500 g/mol. The highest BCUT2D eigenvalue weighted by molar-refractivity contribution is 7.99. The van der Waals surface area contributed by atoms with Gasteiger partial charge in [-0.2, -0.15) is 0 Å². The Morgan fingerprint density at radius 3 is 2.53 bits per heavy atom. The first-order valence-electron chi connectivity index (χ1n) is 11.2. The zero-order valence-electron chi connectivity index (χ0n) is 18.7. The molecule has 0 spiro atoms. The number of rotatable bonds is 3. The molecule has 1 N–H and O–H groups in total. The third kappa shape index (κ3) is 3.58. The van der Waals surface area contributed by atoms with Crippen LogP contribution in [0.15, 0.2) is 103 Å². The van der Waals surface area contributed by atoms with E-state index in [0.29, 0.717) is 39.6 Å². The number of pyridine rings is 1. The molecule has 0 atom stereocenters. The number of aromatic nitrogens is 1. The minimum atomic E-state index is -0.813. The molecule has 6 nitrogen and oxygen atoms in total. The predicted octanol–water partition coefficient (Wildman–Crippen LogP) is 5.54. The fraction of sp³-hybridized carbons (Fsp3) is 0.0714. The number of para-hydroxylation sites is 2.